The zero-order chi connectivity index (χ0) is 10.7. The first-order valence-electron chi connectivity index (χ1n) is 4.49. The lowest BCUT2D eigenvalue weighted by Crippen LogP contribution is -2.03. The fraction of sp³-hybridized carbons (Fsp3) is 0.0909. The first-order chi connectivity index (χ1) is 7.31. The average molecular weight is 202 g/mol. The van der Waals surface area contributed by atoms with Crippen LogP contribution < -0.4 is 0 Å². The van der Waals surface area contributed by atoms with E-state index in [1.54, 1.807) is 29.1 Å². The van der Waals surface area contributed by atoms with Gasteiger partial charge in [0, 0.05) is 12.4 Å². The Kier molecular flexibility index (Phi) is 2.49. The van der Waals surface area contributed by atoms with Crippen molar-refractivity contribution in [1.29, 1.82) is 0 Å². The molecule has 1 heterocycles. The van der Waals surface area contributed by atoms with Gasteiger partial charge in [-0.15, -0.1) is 0 Å². The molecule has 76 valence electrons. The number of benzene rings is 1. The third kappa shape index (κ3) is 1.88. The summed E-state index contributed by atoms with van der Waals surface area (Å²) in [5, 5.41) is 4.08. The van der Waals surface area contributed by atoms with E-state index in [0.717, 1.165) is 5.69 Å². The van der Waals surface area contributed by atoms with Crippen LogP contribution >= 0.6 is 0 Å². The van der Waals surface area contributed by atoms with E-state index in [1.165, 1.54) is 7.11 Å². The number of esters is 1. The summed E-state index contributed by atoms with van der Waals surface area (Å²) in [6.07, 6.45) is 3.50. The van der Waals surface area contributed by atoms with Gasteiger partial charge in [0.2, 0.25) is 0 Å². The topological polar surface area (TPSA) is 44.1 Å². The molecule has 4 heteroatoms. The number of rotatable bonds is 2. The second-order valence-corrected chi connectivity index (χ2v) is 2.99. The molecule has 0 amide bonds. The molecule has 0 N–H and O–H groups in total. The minimum atomic E-state index is -0.344. The summed E-state index contributed by atoms with van der Waals surface area (Å²) in [5.41, 5.74) is 1.36. The van der Waals surface area contributed by atoms with Gasteiger partial charge in [-0.2, -0.15) is 5.10 Å². The van der Waals surface area contributed by atoms with Crippen LogP contribution in [0, 0.1) is 0 Å². The third-order valence-corrected chi connectivity index (χ3v) is 2.04. The first-order valence-corrected chi connectivity index (χ1v) is 4.49. The third-order valence-electron chi connectivity index (χ3n) is 2.04. The smallest absolute Gasteiger partial charge is 0.337 e. The summed E-state index contributed by atoms with van der Waals surface area (Å²) in [5.74, 6) is -0.344. The summed E-state index contributed by atoms with van der Waals surface area (Å²) in [7, 11) is 1.36. The summed E-state index contributed by atoms with van der Waals surface area (Å²) in [6.45, 7) is 0. The van der Waals surface area contributed by atoms with Gasteiger partial charge in [-0.3, -0.25) is 0 Å². The fourth-order valence-corrected chi connectivity index (χ4v) is 1.31. The molecule has 0 aliphatic rings. The SMILES string of the molecule is COC(=O)c1cccc(-n2cccn2)c1. The maximum absolute atomic E-state index is 11.3. The molecule has 0 bridgehead atoms. The standard InChI is InChI=1S/C11H10N2O2/c1-15-11(14)9-4-2-5-10(8-9)13-7-3-6-12-13/h2-8H,1H3. The van der Waals surface area contributed by atoms with Gasteiger partial charge in [0.05, 0.1) is 18.4 Å². The quantitative estimate of drug-likeness (QED) is 0.695. The Bertz CT molecular complexity index is 463. The zero-order valence-corrected chi connectivity index (χ0v) is 8.25. The fourth-order valence-electron chi connectivity index (χ4n) is 1.31. The van der Waals surface area contributed by atoms with Crippen molar-refractivity contribution < 1.29 is 9.53 Å². The van der Waals surface area contributed by atoms with E-state index >= 15 is 0 Å². The first kappa shape index (κ1) is 9.45. The van der Waals surface area contributed by atoms with Crippen molar-refractivity contribution in [3.63, 3.8) is 0 Å². The van der Waals surface area contributed by atoms with Crippen molar-refractivity contribution in [1.82, 2.24) is 9.78 Å². The number of nitrogens with zero attached hydrogens (tertiary/aromatic N) is 2. The Balaban J connectivity index is 2.39. The largest absolute Gasteiger partial charge is 0.465 e. The van der Waals surface area contributed by atoms with Crippen LogP contribution in [-0.2, 0) is 4.74 Å². The molecular weight excluding hydrogens is 192 g/mol. The highest BCUT2D eigenvalue weighted by atomic mass is 16.5. The van der Waals surface area contributed by atoms with Crippen LogP contribution in [0.25, 0.3) is 5.69 Å². The average Bonchev–Trinajstić information content (AvgIpc) is 2.82. The Labute approximate surface area is 87.1 Å². The Morgan fingerprint density at radius 3 is 2.93 bits per heavy atom. The summed E-state index contributed by atoms with van der Waals surface area (Å²) < 4.78 is 6.33. The highest BCUT2D eigenvalue weighted by Crippen LogP contribution is 2.10. The van der Waals surface area contributed by atoms with E-state index in [1.807, 2.05) is 18.3 Å². The van der Waals surface area contributed by atoms with Crippen molar-refractivity contribution in [2.45, 2.75) is 0 Å². The predicted molar refractivity (Wildman–Crippen MR) is 54.9 cm³/mol. The molecule has 0 unspecified atom stereocenters. The molecule has 0 aliphatic carbocycles. The molecule has 0 spiro atoms. The second-order valence-electron chi connectivity index (χ2n) is 2.99. The van der Waals surface area contributed by atoms with Gasteiger partial charge in [0.1, 0.15) is 0 Å². The van der Waals surface area contributed by atoms with Gasteiger partial charge < -0.3 is 4.74 Å². The van der Waals surface area contributed by atoms with E-state index in [4.69, 9.17) is 0 Å². The highest BCUT2D eigenvalue weighted by molar-refractivity contribution is 5.89. The Hall–Kier alpha value is -2.10. The van der Waals surface area contributed by atoms with E-state index < -0.39 is 0 Å². The highest BCUT2D eigenvalue weighted by Gasteiger charge is 2.06. The van der Waals surface area contributed by atoms with Crippen LogP contribution in [0.3, 0.4) is 0 Å². The maximum Gasteiger partial charge on any atom is 0.337 e. The van der Waals surface area contributed by atoms with Crippen LogP contribution in [0.15, 0.2) is 42.7 Å². The van der Waals surface area contributed by atoms with Gasteiger partial charge >= 0.3 is 5.97 Å². The van der Waals surface area contributed by atoms with Crippen LogP contribution in [0.1, 0.15) is 10.4 Å². The number of ether oxygens (including phenoxy) is 1. The monoisotopic (exact) mass is 202 g/mol. The molecule has 1 aromatic carbocycles. The number of hydrogen-bond donors (Lipinski definition) is 0. The molecule has 15 heavy (non-hydrogen) atoms. The van der Waals surface area contributed by atoms with Gasteiger partial charge in [-0.1, -0.05) is 6.07 Å². The van der Waals surface area contributed by atoms with Crippen LogP contribution in [0.5, 0.6) is 0 Å². The molecule has 0 aliphatic heterocycles. The summed E-state index contributed by atoms with van der Waals surface area (Å²) in [4.78, 5) is 11.3. The Morgan fingerprint density at radius 2 is 2.27 bits per heavy atom. The summed E-state index contributed by atoms with van der Waals surface area (Å²) >= 11 is 0. The number of methoxy groups -OCH3 is 1. The maximum atomic E-state index is 11.3. The molecule has 1 aromatic heterocycles. The normalized spacial score (nSPS) is 9.93. The molecule has 2 aromatic rings. The Morgan fingerprint density at radius 1 is 1.40 bits per heavy atom. The van der Waals surface area contributed by atoms with Crippen molar-refractivity contribution >= 4 is 5.97 Å². The minimum Gasteiger partial charge on any atom is -0.465 e. The second kappa shape index (κ2) is 3.96. The van der Waals surface area contributed by atoms with Crippen LogP contribution in [-0.4, -0.2) is 22.9 Å². The number of carbonyl (C=O) groups excluding carboxylic acids is 1. The number of hydrogen-bond acceptors (Lipinski definition) is 3. The van der Waals surface area contributed by atoms with Gasteiger partial charge in [-0.25, -0.2) is 9.48 Å². The van der Waals surface area contributed by atoms with Crippen LogP contribution in [0.2, 0.25) is 0 Å². The van der Waals surface area contributed by atoms with E-state index in [9.17, 15) is 4.79 Å². The van der Waals surface area contributed by atoms with Gasteiger partial charge in [0.25, 0.3) is 0 Å². The molecule has 0 radical (unpaired) electrons. The minimum absolute atomic E-state index is 0.344. The molecule has 0 saturated heterocycles. The molecule has 4 nitrogen and oxygen atoms in total. The predicted octanol–water partition coefficient (Wildman–Crippen LogP) is 1.66. The zero-order valence-electron chi connectivity index (χ0n) is 8.25. The van der Waals surface area contributed by atoms with Gasteiger partial charge in [-0.05, 0) is 24.3 Å². The lowest BCUT2D eigenvalue weighted by atomic mass is 10.2. The van der Waals surface area contributed by atoms with E-state index in [-0.39, 0.29) is 5.97 Å². The molecule has 0 atom stereocenters. The lowest BCUT2D eigenvalue weighted by Gasteiger charge is -2.03. The molecule has 2 rings (SSSR count). The molecule has 0 fully saturated rings. The van der Waals surface area contributed by atoms with E-state index in [0.29, 0.717) is 5.56 Å². The summed E-state index contributed by atoms with van der Waals surface area (Å²) in [6, 6.07) is 8.94. The number of aromatic nitrogens is 2. The van der Waals surface area contributed by atoms with Crippen molar-refractivity contribution in [3.8, 4) is 5.69 Å². The van der Waals surface area contributed by atoms with Crippen LogP contribution in [0.4, 0.5) is 0 Å². The number of carbonyl (C=O) groups is 1. The van der Waals surface area contributed by atoms with Crippen molar-refractivity contribution in [2.75, 3.05) is 7.11 Å². The molecule has 0 saturated carbocycles. The van der Waals surface area contributed by atoms with Crippen molar-refractivity contribution in [2.24, 2.45) is 0 Å². The lowest BCUT2D eigenvalue weighted by molar-refractivity contribution is 0.0600. The van der Waals surface area contributed by atoms with Crippen molar-refractivity contribution in [3.05, 3.63) is 48.3 Å². The van der Waals surface area contributed by atoms with E-state index in [2.05, 4.69) is 9.84 Å². The van der Waals surface area contributed by atoms with Gasteiger partial charge in [0.15, 0.2) is 0 Å². The molecular formula is C11H10N2O2.